The first-order valence-corrected chi connectivity index (χ1v) is 15.8. The number of imidazole rings is 1. The van der Waals surface area contributed by atoms with Crippen LogP contribution in [-0.4, -0.2) is 63.0 Å². The number of hydrogen-bond acceptors (Lipinski definition) is 8. The highest BCUT2D eigenvalue weighted by molar-refractivity contribution is 5.86. The SMILES string of the molecule is CCCn1c(C#N)nc2nc(-c3cnn(Cc4cccc(C(F)(F)F)c4)c3)n(C[C@]3(C(=O)O)CCCN3C(=O)OCc3ccccc3)c2c1=O. The molecule has 3 aromatic heterocycles. The summed E-state index contributed by atoms with van der Waals surface area (Å²) in [5, 5.41) is 24.8. The van der Waals surface area contributed by atoms with Crippen LogP contribution in [0.5, 0.6) is 0 Å². The van der Waals surface area contributed by atoms with Gasteiger partial charge in [0.15, 0.2) is 16.7 Å². The highest BCUT2D eigenvalue weighted by Crippen LogP contribution is 2.35. The number of benzene rings is 2. The second-order valence-electron chi connectivity index (χ2n) is 12.0. The van der Waals surface area contributed by atoms with Crippen LogP contribution in [0.15, 0.2) is 71.8 Å². The Balaban J connectivity index is 1.43. The van der Waals surface area contributed by atoms with Gasteiger partial charge >= 0.3 is 18.2 Å². The van der Waals surface area contributed by atoms with Crippen molar-refractivity contribution in [2.24, 2.45) is 0 Å². The Labute approximate surface area is 282 Å². The van der Waals surface area contributed by atoms with Crippen molar-refractivity contribution in [3.05, 3.63) is 99.9 Å². The number of carbonyl (C=O) groups is 2. The third kappa shape index (κ3) is 6.41. The van der Waals surface area contributed by atoms with Crippen molar-refractivity contribution in [2.45, 2.75) is 64.1 Å². The number of ether oxygens (including phenoxy) is 1. The van der Waals surface area contributed by atoms with Crippen LogP contribution >= 0.6 is 0 Å². The summed E-state index contributed by atoms with van der Waals surface area (Å²) in [7, 11) is 0. The van der Waals surface area contributed by atoms with Crippen molar-refractivity contribution >= 4 is 23.2 Å². The van der Waals surface area contributed by atoms with Crippen LogP contribution in [0.25, 0.3) is 22.6 Å². The number of nitrogens with zero attached hydrogens (tertiary/aromatic N) is 8. The van der Waals surface area contributed by atoms with Crippen molar-refractivity contribution in [1.29, 1.82) is 5.26 Å². The van der Waals surface area contributed by atoms with Gasteiger partial charge in [-0.3, -0.25) is 18.9 Å². The average molecular weight is 689 g/mol. The number of likely N-dealkylation sites (tertiary alicyclic amines) is 1. The zero-order valence-corrected chi connectivity index (χ0v) is 26.8. The molecule has 13 nitrogen and oxygen atoms in total. The maximum Gasteiger partial charge on any atom is 0.416 e. The maximum absolute atomic E-state index is 14.0. The number of aliphatic carboxylic acids is 1. The zero-order valence-electron chi connectivity index (χ0n) is 26.8. The normalized spacial score (nSPS) is 16.1. The van der Waals surface area contributed by atoms with Crippen LogP contribution in [0.4, 0.5) is 18.0 Å². The lowest BCUT2D eigenvalue weighted by atomic mass is 9.96. The third-order valence-corrected chi connectivity index (χ3v) is 8.63. The van der Waals surface area contributed by atoms with Crippen molar-refractivity contribution in [3.8, 4) is 17.5 Å². The van der Waals surface area contributed by atoms with E-state index in [-0.39, 0.29) is 55.5 Å². The lowest BCUT2D eigenvalue weighted by molar-refractivity contribution is -0.149. The molecule has 1 atom stereocenters. The molecule has 5 aromatic rings. The minimum absolute atomic E-state index is 0.0313. The van der Waals surface area contributed by atoms with Gasteiger partial charge < -0.3 is 14.4 Å². The molecule has 0 spiro atoms. The molecule has 0 bridgehead atoms. The average Bonchev–Trinajstić information content (AvgIpc) is 3.83. The molecule has 1 fully saturated rings. The van der Waals surface area contributed by atoms with Gasteiger partial charge in [0.05, 0.1) is 30.4 Å². The van der Waals surface area contributed by atoms with E-state index in [4.69, 9.17) is 4.74 Å². The number of aromatic nitrogens is 6. The molecule has 1 N–H and O–H groups in total. The number of halogens is 3. The van der Waals surface area contributed by atoms with E-state index in [1.807, 2.05) is 19.1 Å². The lowest BCUT2D eigenvalue weighted by Gasteiger charge is -2.34. The van der Waals surface area contributed by atoms with E-state index in [2.05, 4.69) is 15.1 Å². The minimum Gasteiger partial charge on any atom is -0.479 e. The second-order valence-corrected chi connectivity index (χ2v) is 12.0. The first-order valence-electron chi connectivity index (χ1n) is 15.8. The summed E-state index contributed by atoms with van der Waals surface area (Å²) in [4.78, 5) is 50.6. The fourth-order valence-corrected chi connectivity index (χ4v) is 6.26. The van der Waals surface area contributed by atoms with E-state index in [0.717, 1.165) is 17.0 Å². The smallest absolute Gasteiger partial charge is 0.416 e. The fraction of sp³-hybridized carbons (Fsp3) is 0.324. The summed E-state index contributed by atoms with van der Waals surface area (Å²) in [5.74, 6) is -1.43. The highest BCUT2D eigenvalue weighted by atomic mass is 19.4. The number of carboxylic acids is 1. The third-order valence-electron chi connectivity index (χ3n) is 8.63. The predicted molar refractivity (Wildman–Crippen MR) is 171 cm³/mol. The van der Waals surface area contributed by atoms with Crippen molar-refractivity contribution in [2.75, 3.05) is 6.54 Å². The Morgan fingerprint density at radius 3 is 2.54 bits per heavy atom. The number of carbonyl (C=O) groups excluding carboxylic acids is 1. The van der Waals surface area contributed by atoms with Crippen molar-refractivity contribution in [1.82, 2.24) is 33.8 Å². The van der Waals surface area contributed by atoms with Crippen LogP contribution in [0.2, 0.25) is 0 Å². The largest absolute Gasteiger partial charge is 0.479 e. The summed E-state index contributed by atoms with van der Waals surface area (Å²) >= 11 is 0. The van der Waals surface area contributed by atoms with Crippen LogP contribution in [0, 0.1) is 11.3 Å². The van der Waals surface area contributed by atoms with Gasteiger partial charge in [0.1, 0.15) is 18.5 Å². The molecular weight excluding hydrogens is 657 g/mol. The van der Waals surface area contributed by atoms with E-state index in [1.54, 1.807) is 24.3 Å². The first-order chi connectivity index (χ1) is 23.9. The molecule has 4 heterocycles. The number of hydrogen-bond donors (Lipinski definition) is 1. The van der Waals surface area contributed by atoms with Gasteiger partial charge in [-0.2, -0.15) is 28.5 Å². The van der Waals surface area contributed by atoms with Gasteiger partial charge in [0.25, 0.3) is 5.56 Å². The van der Waals surface area contributed by atoms with Gasteiger partial charge in [-0.15, -0.1) is 0 Å². The topological polar surface area (TPSA) is 161 Å². The second kappa shape index (κ2) is 13.5. The van der Waals surface area contributed by atoms with Crippen molar-refractivity contribution < 1.29 is 32.6 Å². The van der Waals surface area contributed by atoms with E-state index in [0.29, 0.717) is 29.5 Å². The quantitative estimate of drug-likeness (QED) is 0.211. The molecule has 6 rings (SSSR count). The molecule has 2 aromatic carbocycles. The molecule has 0 unspecified atom stereocenters. The molecule has 258 valence electrons. The molecule has 1 aliphatic rings. The molecule has 1 aliphatic heterocycles. The van der Waals surface area contributed by atoms with Crippen LogP contribution in [-0.2, 0) is 41.9 Å². The van der Waals surface area contributed by atoms with Crippen LogP contribution in [0.3, 0.4) is 0 Å². The lowest BCUT2D eigenvalue weighted by Crippen LogP contribution is -2.56. The minimum atomic E-state index is -4.53. The van der Waals surface area contributed by atoms with Gasteiger partial charge in [0.2, 0.25) is 5.82 Å². The van der Waals surface area contributed by atoms with Gasteiger partial charge in [-0.05, 0) is 42.5 Å². The predicted octanol–water partition coefficient (Wildman–Crippen LogP) is 5.06. The molecule has 1 saturated heterocycles. The summed E-state index contributed by atoms with van der Waals surface area (Å²) in [6, 6.07) is 15.6. The molecule has 0 radical (unpaired) electrons. The van der Waals surface area contributed by atoms with E-state index in [1.165, 1.54) is 38.3 Å². The molecule has 1 amide bonds. The number of fused-ring (bicyclic) bond motifs is 1. The Kier molecular flexibility index (Phi) is 9.15. The monoisotopic (exact) mass is 688 g/mol. The number of nitriles is 1. The molecule has 0 saturated carbocycles. The summed E-state index contributed by atoms with van der Waals surface area (Å²) < 4.78 is 49.5. The Bertz CT molecular complexity index is 2170. The number of carboxylic acid groups (broad SMARTS) is 1. The fourth-order valence-electron chi connectivity index (χ4n) is 6.26. The van der Waals surface area contributed by atoms with Gasteiger partial charge in [-0.1, -0.05) is 49.4 Å². The number of amides is 1. The van der Waals surface area contributed by atoms with Crippen molar-refractivity contribution in [3.63, 3.8) is 0 Å². The molecular formula is C34H31F3N8O5. The molecule has 50 heavy (non-hydrogen) atoms. The van der Waals surface area contributed by atoms with E-state index < -0.39 is 41.4 Å². The number of rotatable bonds is 10. The first kappa shape index (κ1) is 33.9. The number of alkyl halides is 3. The van der Waals surface area contributed by atoms with Gasteiger partial charge in [-0.25, -0.2) is 14.6 Å². The summed E-state index contributed by atoms with van der Waals surface area (Å²) in [6.07, 6.45) is -1.63. The van der Waals surface area contributed by atoms with E-state index in [9.17, 15) is 37.9 Å². The van der Waals surface area contributed by atoms with E-state index >= 15 is 0 Å². The Morgan fingerprint density at radius 1 is 1.08 bits per heavy atom. The Morgan fingerprint density at radius 2 is 1.84 bits per heavy atom. The zero-order chi connectivity index (χ0) is 35.6. The highest BCUT2D eigenvalue weighted by Gasteiger charge is 2.52. The molecule has 0 aliphatic carbocycles. The summed E-state index contributed by atoms with van der Waals surface area (Å²) in [6.45, 7) is 1.50. The standard InChI is InChI=1S/C34H31F3N8O5/c1-2-13-43-26(16-38)40-28-27(30(43)46)44(21-33(31(47)48)12-7-14-45(33)32(49)50-20-22-8-4-3-5-9-22)29(41-28)24-17-39-42(19-24)18-23-10-6-11-25(15-23)34(35,36)37/h3-6,8-11,15,17,19H,2,7,12-14,18,20-21H2,1H3,(H,47,48)/t33-/m0/s1. The van der Waals surface area contributed by atoms with Crippen LogP contribution in [0.1, 0.15) is 48.7 Å². The summed E-state index contributed by atoms with van der Waals surface area (Å²) in [5.41, 5.74) is -2.16. The Hall–Kier alpha value is -5.98. The van der Waals surface area contributed by atoms with Crippen LogP contribution < -0.4 is 5.56 Å². The van der Waals surface area contributed by atoms with Gasteiger partial charge in [0, 0.05) is 19.3 Å². The molecule has 16 heteroatoms. The maximum atomic E-state index is 14.0.